The molecule has 1 unspecified atom stereocenters. The van der Waals surface area contributed by atoms with Crippen molar-refractivity contribution in [3.8, 4) is 5.69 Å². The molecule has 1 amide bonds. The molecule has 0 spiro atoms. The summed E-state index contributed by atoms with van der Waals surface area (Å²) in [5, 5.41) is 2.75. The van der Waals surface area contributed by atoms with E-state index in [-0.39, 0.29) is 11.5 Å². The average Bonchev–Trinajstić information content (AvgIpc) is 3.31. The molecule has 0 aliphatic carbocycles. The maximum Gasteiger partial charge on any atom is 0.357 e. The highest BCUT2D eigenvalue weighted by Gasteiger charge is 2.22. The second-order valence-electron chi connectivity index (χ2n) is 7.31. The highest BCUT2D eigenvalue weighted by Crippen LogP contribution is 2.19. The quantitative estimate of drug-likeness (QED) is 0.596. The fourth-order valence-corrected chi connectivity index (χ4v) is 3.35. The van der Waals surface area contributed by atoms with Gasteiger partial charge in [-0.3, -0.25) is 9.36 Å². The summed E-state index contributed by atoms with van der Waals surface area (Å²) in [6.45, 7) is 4.54. The predicted molar refractivity (Wildman–Crippen MR) is 117 cm³/mol. The summed E-state index contributed by atoms with van der Waals surface area (Å²) in [6, 6.07) is 13.1. The maximum atomic E-state index is 13.2. The van der Waals surface area contributed by atoms with Crippen LogP contribution in [0.2, 0.25) is 0 Å². The number of esters is 1. The molecule has 1 aliphatic heterocycles. The molecule has 1 N–H and O–H groups in total. The highest BCUT2D eigenvalue weighted by atomic mass is 19.1. The Morgan fingerprint density at radius 1 is 1.06 bits per heavy atom. The van der Waals surface area contributed by atoms with Gasteiger partial charge in [0.1, 0.15) is 5.82 Å². The van der Waals surface area contributed by atoms with Gasteiger partial charge in [0.2, 0.25) is 0 Å². The van der Waals surface area contributed by atoms with Crippen molar-refractivity contribution in [2.45, 2.75) is 13.0 Å². The summed E-state index contributed by atoms with van der Waals surface area (Å²) in [7, 11) is 0. The van der Waals surface area contributed by atoms with Gasteiger partial charge in [0.15, 0.2) is 11.8 Å². The van der Waals surface area contributed by atoms with Crippen LogP contribution in [-0.4, -0.2) is 53.8 Å². The largest absolute Gasteiger partial charge is 0.448 e. The Morgan fingerprint density at radius 2 is 1.72 bits per heavy atom. The van der Waals surface area contributed by atoms with E-state index in [0.717, 1.165) is 18.8 Å². The summed E-state index contributed by atoms with van der Waals surface area (Å²) < 4.78 is 25.3. The van der Waals surface area contributed by atoms with Gasteiger partial charge in [-0.15, -0.1) is 0 Å². The van der Waals surface area contributed by atoms with Crippen LogP contribution in [0.4, 0.5) is 15.8 Å². The van der Waals surface area contributed by atoms with Gasteiger partial charge in [-0.25, -0.2) is 14.2 Å². The minimum Gasteiger partial charge on any atom is -0.448 e. The normalized spacial score (nSPS) is 14.6. The molecule has 4 rings (SSSR count). The van der Waals surface area contributed by atoms with Crippen LogP contribution in [0, 0.1) is 5.82 Å². The molecule has 32 heavy (non-hydrogen) atoms. The first-order chi connectivity index (χ1) is 15.5. The Hall–Kier alpha value is -3.72. The molecule has 2 heterocycles. The van der Waals surface area contributed by atoms with Gasteiger partial charge < -0.3 is 19.7 Å². The molecular formula is C23H23FN4O4. The van der Waals surface area contributed by atoms with Crippen LogP contribution in [0.1, 0.15) is 17.4 Å². The molecule has 1 aliphatic rings. The van der Waals surface area contributed by atoms with Crippen molar-refractivity contribution in [1.82, 2.24) is 9.55 Å². The van der Waals surface area contributed by atoms with Crippen molar-refractivity contribution < 1.29 is 23.5 Å². The van der Waals surface area contributed by atoms with Crippen LogP contribution in [0.5, 0.6) is 0 Å². The molecule has 0 saturated carbocycles. The van der Waals surface area contributed by atoms with E-state index in [2.05, 4.69) is 15.2 Å². The third kappa shape index (κ3) is 4.94. The van der Waals surface area contributed by atoms with Crippen LogP contribution >= 0.6 is 0 Å². The van der Waals surface area contributed by atoms with E-state index in [1.165, 1.54) is 48.3 Å². The standard InChI is InChI=1S/C23H23FN4O4/c1-16(22(29)26-18-4-8-19(9-5-18)27-10-12-31-13-11-27)32-23(30)21-14-25-15-28(21)20-6-2-17(24)3-7-20/h2-9,14-16H,10-13H2,1H3,(H,26,29). The number of nitrogens with one attached hydrogen (secondary N) is 1. The molecule has 1 aromatic heterocycles. The SMILES string of the molecule is CC(OC(=O)c1cncn1-c1ccc(F)cc1)C(=O)Nc1ccc(N2CCOCC2)cc1. The summed E-state index contributed by atoms with van der Waals surface area (Å²) in [6.07, 6.45) is 1.73. The molecular weight excluding hydrogens is 415 g/mol. The maximum absolute atomic E-state index is 13.2. The van der Waals surface area contributed by atoms with Gasteiger partial charge in [0.05, 0.1) is 25.7 Å². The first-order valence-electron chi connectivity index (χ1n) is 10.2. The smallest absolute Gasteiger partial charge is 0.357 e. The fraction of sp³-hybridized carbons (Fsp3) is 0.261. The number of anilines is 2. The van der Waals surface area contributed by atoms with E-state index in [1.54, 1.807) is 12.1 Å². The lowest BCUT2D eigenvalue weighted by atomic mass is 10.2. The zero-order valence-electron chi connectivity index (χ0n) is 17.5. The monoisotopic (exact) mass is 438 g/mol. The lowest BCUT2D eigenvalue weighted by molar-refractivity contribution is -0.123. The van der Waals surface area contributed by atoms with Crippen molar-refractivity contribution >= 4 is 23.3 Å². The van der Waals surface area contributed by atoms with Crippen LogP contribution in [-0.2, 0) is 14.3 Å². The third-order valence-electron chi connectivity index (χ3n) is 5.12. The number of hydrogen-bond donors (Lipinski definition) is 1. The first kappa shape index (κ1) is 21.5. The van der Waals surface area contributed by atoms with E-state index in [1.807, 2.05) is 12.1 Å². The number of rotatable bonds is 6. The zero-order valence-corrected chi connectivity index (χ0v) is 17.5. The number of nitrogens with zero attached hydrogens (tertiary/aromatic N) is 3. The summed E-state index contributed by atoms with van der Waals surface area (Å²) in [5.74, 6) is -1.55. The Bertz CT molecular complexity index is 1080. The fourth-order valence-electron chi connectivity index (χ4n) is 3.35. The number of morpholine rings is 1. The summed E-state index contributed by atoms with van der Waals surface area (Å²) >= 11 is 0. The molecule has 3 aromatic rings. The van der Waals surface area contributed by atoms with Crippen molar-refractivity contribution in [2.75, 3.05) is 36.5 Å². The van der Waals surface area contributed by atoms with Gasteiger partial charge in [0.25, 0.3) is 5.91 Å². The average molecular weight is 438 g/mol. The second-order valence-corrected chi connectivity index (χ2v) is 7.31. The van der Waals surface area contributed by atoms with Crippen LogP contribution < -0.4 is 10.2 Å². The summed E-state index contributed by atoms with van der Waals surface area (Å²) in [4.78, 5) is 31.3. The van der Waals surface area contributed by atoms with Crippen LogP contribution in [0.25, 0.3) is 5.69 Å². The van der Waals surface area contributed by atoms with Gasteiger partial charge in [-0.1, -0.05) is 0 Å². The van der Waals surface area contributed by atoms with Crippen molar-refractivity contribution in [3.63, 3.8) is 0 Å². The van der Waals surface area contributed by atoms with E-state index in [4.69, 9.17) is 9.47 Å². The zero-order chi connectivity index (χ0) is 22.5. The lowest BCUT2D eigenvalue weighted by Gasteiger charge is -2.28. The van der Waals surface area contributed by atoms with E-state index >= 15 is 0 Å². The Labute approximate surface area is 184 Å². The first-order valence-corrected chi connectivity index (χ1v) is 10.2. The highest BCUT2D eigenvalue weighted by molar-refractivity contribution is 5.97. The number of carbonyl (C=O) groups is 2. The third-order valence-corrected chi connectivity index (χ3v) is 5.12. The molecule has 166 valence electrons. The number of ether oxygens (including phenoxy) is 2. The van der Waals surface area contributed by atoms with Gasteiger partial charge in [0, 0.05) is 30.2 Å². The number of halogens is 1. The number of hydrogen-bond acceptors (Lipinski definition) is 6. The lowest BCUT2D eigenvalue weighted by Crippen LogP contribution is -2.36. The Kier molecular flexibility index (Phi) is 6.46. The topological polar surface area (TPSA) is 85.7 Å². The van der Waals surface area contributed by atoms with Gasteiger partial charge in [-0.2, -0.15) is 0 Å². The molecule has 9 heteroatoms. The molecule has 1 saturated heterocycles. The number of aromatic nitrogens is 2. The summed E-state index contributed by atoms with van der Waals surface area (Å²) in [5.41, 5.74) is 2.34. The number of carbonyl (C=O) groups excluding carboxylic acids is 2. The minimum atomic E-state index is -1.03. The Balaban J connectivity index is 1.36. The van der Waals surface area contributed by atoms with Crippen molar-refractivity contribution in [1.29, 1.82) is 0 Å². The van der Waals surface area contributed by atoms with Gasteiger partial charge in [-0.05, 0) is 55.5 Å². The molecule has 8 nitrogen and oxygen atoms in total. The Morgan fingerprint density at radius 3 is 2.41 bits per heavy atom. The number of imidazole rings is 1. The molecule has 0 radical (unpaired) electrons. The van der Waals surface area contributed by atoms with Gasteiger partial charge >= 0.3 is 5.97 Å². The number of amides is 1. The molecule has 2 aromatic carbocycles. The van der Waals surface area contributed by atoms with Crippen molar-refractivity contribution in [2.24, 2.45) is 0 Å². The van der Waals surface area contributed by atoms with Crippen LogP contribution in [0.3, 0.4) is 0 Å². The van der Waals surface area contributed by atoms with E-state index in [0.29, 0.717) is 24.6 Å². The molecule has 0 bridgehead atoms. The number of benzene rings is 2. The van der Waals surface area contributed by atoms with E-state index < -0.39 is 18.0 Å². The van der Waals surface area contributed by atoms with Crippen molar-refractivity contribution in [3.05, 3.63) is 72.6 Å². The predicted octanol–water partition coefficient (Wildman–Crippen LogP) is 3.03. The molecule has 1 fully saturated rings. The van der Waals surface area contributed by atoms with E-state index in [9.17, 15) is 14.0 Å². The minimum absolute atomic E-state index is 0.131. The molecule has 1 atom stereocenters. The van der Waals surface area contributed by atoms with Crippen LogP contribution in [0.15, 0.2) is 61.1 Å². The second kappa shape index (κ2) is 9.61.